The number of carboxylic acids is 1. The molecule has 0 amide bonds. The normalized spacial score (nSPS) is 15.6. The van der Waals surface area contributed by atoms with Gasteiger partial charge in [-0.1, -0.05) is 38.3 Å². The lowest BCUT2D eigenvalue weighted by atomic mass is 9.91. The zero-order valence-corrected chi connectivity index (χ0v) is 20.2. The van der Waals surface area contributed by atoms with Crippen LogP contribution in [0.4, 0.5) is 0 Å². The number of hydrogen-bond donors (Lipinski definition) is 1. The molecule has 0 spiro atoms. The van der Waals surface area contributed by atoms with Gasteiger partial charge in [0.25, 0.3) is 0 Å². The molecule has 3 rings (SSSR count). The van der Waals surface area contributed by atoms with E-state index >= 15 is 0 Å². The van der Waals surface area contributed by atoms with Crippen LogP contribution in [0.2, 0.25) is 0 Å². The van der Waals surface area contributed by atoms with Crippen LogP contribution in [0.1, 0.15) is 66.4 Å². The zero-order valence-electron chi connectivity index (χ0n) is 18.6. The molecule has 168 valence electrons. The number of carboxylic acid groups (broad SMARTS) is 1. The maximum Gasteiger partial charge on any atom is 0.335 e. The van der Waals surface area contributed by atoms with E-state index in [1.807, 2.05) is 23.5 Å². The van der Waals surface area contributed by atoms with E-state index in [4.69, 9.17) is 14.6 Å². The van der Waals surface area contributed by atoms with Crippen LogP contribution in [0.3, 0.4) is 0 Å². The molecule has 1 atom stereocenters. The van der Waals surface area contributed by atoms with Crippen LogP contribution in [-0.4, -0.2) is 36.8 Å². The van der Waals surface area contributed by atoms with Crippen LogP contribution >= 0.6 is 23.5 Å². The van der Waals surface area contributed by atoms with Gasteiger partial charge in [-0.3, -0.25) is 0 Å². The van der Waals surface area contributed by atoms with Gasteiger partial charge in [0, 0.05) is 17.9 Å². The zero-order chi connectivity index (χ0) is 22.3. The van der Waals surface area contributed by atoms with Crippen molar-refractivity contribution in [2.24, 2.45) is 0 Å². The molecule has 4 nitrogen and oxygen atoms in total. The first-order valence-electron chi connectivity index (χ1n) is 10.9. The molecule has 0 bridgehead atoms. The van der Waals surface area contributed by atoms with Gasteiger partial charge >= 0.3 is 5.97 Å². The van der Waals surface area contributed by atoms with Crippen molar-refractivity contribution in [2.75, 3.05) is 25.7 Å². The van der Waals surface area contributed by atoms with Gasteiger partial charge in [0.1, 0.15) is 11.5 Å². The number of benzene rings is 2. The first-order valence-corrected chi connectivity index (χ1v) is 13.3. The third kappa shape index (κ3) is 5.72. The van der Waals surface area contributed by atoms with Crippen molar-refractivity contribution in [3.63, 3.8) is 0 Å². The smallest absolute Gasteiger partial charge is 0.335 e. The predicted molar refractivity (Wildman–Crippen MR) is 131 cm³/mol. The van der Waals surface area contributed by atoms with Gasteiger partial charge in [0.15, 0.2) is 0 Å². The van der Waals surface area contributed by atoms with Crippen molar-refractivity contribution in [1.82, 2.24) is 0 Å². The number of ether oxygens (including phenoxy) is 2. The van der Waals surface area contributed by atoms with E-state index in [9.17, 15) is 4.79 Å². The molecule has 1 N–H and O–H groups in total. The highest BCUT2D eigenvalue weighted by Gasteiger charge is 2.36. The van der Waals surface area contributed by atoms with Crippen molar-refractivity contribution in [3.8, 4) is 11.5 Å². The Kier molecular flexibility index (Phi) is 8.61. The summed E-state index contributed by atoms with van der Waals surface area (Å²) in [5, 5.41) is 9.08. The Labute approximate surface area is 194 Å². The molecule has 1 aliphatic heterocycles. The third-order valence-corrected chi connectivity index (χ3v) is 9.11. The molecule has 6 heteroatoms. The summed E-state index contributed by atoms with van der Waals surface area (Å²) < 4.78 is 12.2. The van der Waals surface area contributed by atoms with E-state index in [2.05, 4.69) is 37.6 Å². The SMILES string of the molecule is CCCCCC(COc1ccc(C(=O)O)cc1)c1ccc2c(c1)OCCC2(SC)SC. The van der Waals surface area contributed by atoms with Crippen LogP contribution in [0.25, 0.3) is 0 Å². The summed E-state index contributed by atoms with van der Waals surface area (Å²) in [7, 11) is 0. The fourth-order valence-electron chi connectivity index (χ4n) is 4.04. The van der Waals surface area contributed by atoms with Crippen molar-refractivity contribution >= 4 is 29.5 Å². The number of rotatable bonds is 11. The molecule has 1 heterocycles. The highest BCUT2D eigenvalue weighted by Crippen LogP contribution is 2.52. The minimum absolute atomic E-state index is 0.0617. The molecule has 2 aromatic carbocycles. The van der Waals surface area contributed by atoms with Gasteiger partial charge in [0.2, 0.25) is 0 Å². The van der Waals surface area contributed by atoms with Gasteiger partial charge in [-0.05, 0) is 54.8 Å². The second-order valence-electron chi connectivity index (χ2n) is 7.85. The van der Waals surface area contributed by atoms with Gasteiger partial charge in [-0.25, -0.2) is 4.79 Å². The molecule has 0 saturated heterocycles. The Hall–Kier alpha value is -1.79. The molecular weight excluding hydrogens is 428 g/mol. The third-order valence-electron chi connectivity index (χ3n) is 5.94. The van der Waals surface area contributed by atoms with Crippen LogP contribution in [0.5, 0.6) is 11.5 Å². The molecule has 0 radical (unpaired) electrons. The molecule has 1 unspecified atom stereocenters. The van der Waals surface area contributed by atoms with E-state index in [1.165, 1.54) is 24.0 Å². The largest absolute Gasteiger partial charge is 0.493 e. The lowest BCUT2D eigenvalue weighted by Crippen LogP contribution is -2.26. The van der Waals surface area contributed by atoms with Gasteiger partial charge in [0.05, 0.1) is 22.9 Å². The lowest BCUT2D eigenvalue weighted by molar-refractivity contribution is 0.0697. The summed E-state index contributed by atoms with van der Waals surface area (Å²) in [4.78, 5) is 11.1. The van der Waals surface area contributed by atoms with Crippen LogP contribution in [0.15, 0.2) is 42.5 Å². The monoisotopic (exact) mass is 460 g/mol. The molecule has 0 fully saturated rings. The summed E-state index contributed by atoms with van der Waals surface area (Å²) in [5.74, 6) is 1.03. The molecule has 31 heavy (non-hydrogen) atoms. The minimum Gasteiger partial charge on any atom is -0.493 e. The Bertz CT molecular complexity index is 862. The van der Waals surface area contributed by atoms with Gasteiger partial charge < -0.3 is 14.6 Å². The Balaban J connectivity index is 1.79. The number of carbonyl (C=O) groups is 1. The summed E-state index contributed by atoms with van der Waals surface area (Å²) in [6, 6.07) is 13.3. The average Bonchev–Trinajstić information content (AvgIpc) is 2.80. The van der Waals surface area contributed by atoms with Gasteiger partial charge in [-0.15, -0.1) is 23.5 Å². The maximum absolute atomic E-state index is 11.1. The Morgan fingerprint density at radius 2 is 1.90 bits per heavy atom. The average molecular weight is 461 g/mol. The second-order valence-corrected chi connectivity index (χ2v) is 10.3. The topological polar surface area (TPSA) is 55.8 Å². The van der Waals surface area contributed by atoms with Crippen LogP contribution < -0.4 is 9.47 Å². The van der Waals surface area contributed by atoms with E-state index in [1.54, 1.807) is 24.3 Å². The predicted octanol–water partition coefficient (Wildman–Crippen LogP) is 6.79. The first kappa shape index (κ1) is 23.9. The molecule has 0 aliphatic carbocycles. The van der Waals surface area contributed by atoms with Crippen LogP contribution in [-0.2, 0) is 4.08 Å². The Morgan fingerprint density at radius 1 is 1.16 bits per heavy atom. The molecule has 0 aromatic heterocycles. The summed E-state index contributed by atoms with van der Waals surface area (Å²) in [6.45, 7) is 3.52. The highest BCUT2D eigenvalue weighted by molar-refractivity contribution is 8.16. The number of thioether (sulfide) groups is 2. The first-order chi connectivity index (χ1) is 15.0. The second kappa shape index (κ2) is 11.2. The van der Waals surface area contributed by atoms with E-state index in [0.29, 0.717) is 12.4 Å². The van der Waals surface area contributed by atoms with Crippen molar-refractivity contribution in [2.45, 2.75) is 49.0 Å². The fourth-order valence-corrected chi connectivity index (χ4v) is 6.06. The standard InChI is InChI=1S/C25H32O4S2/c1-4-5-6-7-20(17-29-21-11-8-18(9-12-21)24(26)27)19-10-13-22-23(16-19)28-15-14-25(22,30-2)31-3/h8-13,16,20H,4-7,14-15,17H2,1-3H3,(H,26,27). The molecule has 2 aromatic rings. The molecular formula is C25H32O4S2. The van der Waals surface area contributed by atoms with Crippen LogP contribution in [0, 0.1) is 0 Å². The Morgan fingerprint density at radius 3 is 2.55 bits per heavy atom. The molecule has 0 saturated carbocycles. The van der Waals surface area contributed by atoms with Gasteiger partial charge in [-0.2, -0.15) is 0 Å². The number of fused-ring (bicyclic) bond motifs is 1. The number of aromatic carboxylic acids is 1. The quantitative estimate of drug-likeness (QED) is 0.294. The van der Waals surface area contributed by atoms with Crippen molar-refractivity contribution < 1.29 is 19.4 Å². The van der Waals surface area contributed by atoms with Crippen molar-refractivity contribution in [1.29, 1.82) is 0 Å². The summed E-state index contributed by atoms with van der Waals surface area (Å²) in [6.07, 6.45) is 9.95. The highest BCUT2D eigenvalue weighted by atomic mass is 32.2. The summed E-state index contributed by atoms with van der Waals surface area (Å²) in [5.41, 5.74) is 2.79. The number of unbranched alkanes of at least 4 members (excludes halogenated alkanes) is 2. The number of hydrogen-bond acceptors (Lipinski definition) is 5. The fraction of sp³-hybridized carbons (Fsp3) is 0.480. The minimum atomic E-state index is -0.926. The lowest BCUT2D eigenvalue weighted by Gasteiger charge is -2.36. The van der Waals surface area contributed by atoms with E-state index < -0.39 is 5.97 Å². The maximum atomic E-state index is 11.1. The van der Waals surface area contributed by atoms with E-state index in [0.717, 1.165) is 31.6 Å². The summed E-state index contributed by atoms with van der Waals surface area (Å²) >= 11 is 3.79. The molecule has 1 aliphatic rings. The van der Waals surface area contributed by atoms with E-state index in [-0.39, 0.29) is 15.6 Å². The van der Waals surface area contributed by atoms with Crippen molar-refractivity contribution in [3.05, 3.63) is 59.2 Å².